The van der Waals surface area contributed by atoms with Crippen molar-refractivity contribution in [3.8, 4) is 11.5 Å². The Morgan fingerprint density at radius 3 is 2.65 bits per heavy atom. The first-order valence-electron chi connectivity index (χ1n) is 6.39. The van der Waals surface area contributed by atoms with Crippen LogP contribution < -0.4 is 5.32 Å². The fourth-order valence-corrected chi connectivity index (χ4v) is 2.81. The first kappa shape index (κ1) is 16.2. The average molecular weight is 458 g/mol. The van der Waals surface area contributed by atoms with Crippen molar-refractivity contribution in [1.82, 2.24) is 10.2 Å². The predicted molar refractivity (Wildman–Crippen MR) is 94.5 cm³/mol. The summed E-state index contributed by atoms with van der Waals surface area (Å²) in [5.74, 6) is -0.123. The molecule has 0 bridgehead atoms. The van der Waals surface area contributed by atoms with E-state index in [2.05, 4.69) is 47.4 Å². The second-order valence-electron chi connectivity index (χ2n) is 4.50. The molecule has 1 amide bonds. The summed E-state index contributed by atoms with van der Waals surface area (Å²) < 4.78 is 7.09. The number of aromatic nitrogens is 2. The molecule has 116 valence electrons. The van der Waals surface area contributed by atoms with Gasteiger partial charge in [0.1, 0.15) is 0 Å². The van der Waals surface area contributed by atoms with Gasteiger partial charge in [-0.05, 0) is 36.4 Å². The Balaban J connectivity index is 1.81. The Labute approximate surface area is 153 Å². The van der Waals surface area contributed by atoms with Crippen LogP contribution in [0, 0.1) is 0 Å². The zero-order valence-electron chi connectivity index (χ0n) is 11.4. The van der Waals surface area contributed by atoms with Gasteiger partial charge in [-0.25, -0.2) is 0 Å². The van der Waals surface area contributed by atoms with E-state index in [0.717, 1.165) is 14.5 Å². The predicted octanol–water partition coefficient (Wildman–Crippen LogP) is 5.17. The minimum Gasteiger partial charge on any atom is -0.403 e. The lowest BCUT2D eigenvalue weighted by molar-refractivity contribution is 0.102. The molecule has 1 aromatic heterocycles. The molecule has 0 aliphatic carbocycles. The largest absolute Gasteiger partial charge is 0.403 e. The molecule has 3 aromatic rings. The van der Waals surface area contributed by atoms with Crippen molar-refractivity contribution in [2.75, 3.05) is 5.32 Å². The summed E-state index contributed by atoms with van der Waals surface area (Å²) in [7, 11) is 0. The van der Waals surface area contributed by atoms with Crippen LogP contribution in [0.3, 0.4) is 0 Å². The molecule has 23 heavy (non-hydrogen) atoms. The van der Waals surface area contributed by atoms with Crippen LogP contribution >= 0.6 is 43.5 Å². The molecule has 0 fully saturated rings. The van der Waals surface area contributed by atoms with Crippen LogP contribution in [0.5, 0.6) is 0 Å². The molecule has 0 saturated carbocycles. The number of hydrogen-bond donors (Lipinski definition) is 1. The fourth-order valence-electron chi connectivity index (χ4n) is 1.85. The molecule has 0 unspecified atom stereocenters. The molecule has 0 saturated heterocycles. The van der Waals surface area contributed by atoms with Crippen LogP contribution in [-0.2, 0) is 0 Å². The van der Waals surface area contributed by atoms with Crippen molar-refractivity contribution in [3.63, 3.8) is 0 Å². The highest BCUT2D eigenvalue weighted by atomic mass is 79.9. The van der Waals surface area contributed by atoms with Gasteiger partial charge in [0, 0.05) is 14.5 Å². The van der Waals surface area contributed by atoms with Crippen LogP contribution in [-0.4, -0.2) is 16.1 Å². The van der Waals surface area contributed by atoms with Crippen molar-refractivity contribution in [2.45, 2.75) is 0 Å². The van der Waals surface area contributed by atoms with E-state index in [4.69, 9.17) is 16.0 Å². The van der Waals surface area contributed by atoms with Crippen molar-refractivity contribution in [1.29, 1.82) is 0 Å². The topological polar surface area (TPSA) is 68.0 Å². The number of rotatable bonds is 3. The van der Waals surface area contributed by atoms with Crippen molar-refractivity contribution >= 4 is 55.4 Å². The normalized spacial score (nSPS) is 10.6. The molecular weight excluding hydrogens is 449 g/mol. The number of halogens is 3. The monoisotopic (exact) mass is 455 g/mol. The van der Waals surface area contributed by atoms with Crippen molar-refractivity contribution < 1.29 is 9.21 Å². The Morgan fingerprint density at radius 1 is 1.09 bits per heavy atom. The number of nitrogens with zero attached hydrogens (tertiary/aromatic N) is 2. The first-order chi connectivity index (χ1) is 11.0. The van der Waals surface area contributed by atoms with Crippen molar-refractivity contribution in [2.24, 2.45) is 0 Å². The third kappa shape index (κ3) is 3.80. The Bertz CT molecular complexity index is 883. The van der Waals surface area contributed by atoms with Gasteiger partial charge >= 0.3 is 6.01 Å². The SMILES string of the molecule is O=C(Nc1nnc(-c2cccc(Br)c2)o1)c1cc(Br)ccc1Cl. The van der Waals surface area contributed by atoms with Crippen LogP contribution in [0.15, 0.2) is 55.8 Å². The van der Waals surface area contributed by atoms with Gasteiger partial charge in [-0.15, -0.1) is 5.10 Å². The number of benzene rings is 2. The summed E-state index contributed by atoms with van der Waals surface area (Å²) in [5, 5.41) is 10.6. The second-order valence-corrected chi connectivity index (χ2v) is 6.74. The lowest BCUT2D eigenvalue weighted by Gasteiger charge is -2.03. The van der Waals surface area contributed by atoms with E-state index < -0.39 is 5.91 Å². The smallest absolute Gasteiger partial charge is 0.322 e. The van der Waals surface area contributed by atoms with Crippen LogP contribution in [0.4, 0.5) is 6.01 Å². The van der Waals surface area contributed by atoms with E-state index in [1.165, 1.54) is 0 Å². The molecule has 0 atom stereocenters. The average Bonchev–Trinajstić information content (AvgIpc) is 2.98. The van der Waals surface area contributed by atoms with E-state index >= 15 is 0 Å². The second kappa shape index (κ2) is 6.82. The minimum atomic E-state index is -0.430. The zero-order valence-corrected chi connectivity index (χ0v) is 15.3. The van der Waals surface area contributed by atoms with Crippen LogP contribution in [0.1, 0.15) is 10.4 Å². The molecule has 1 heterocycles. The lowest BCUT2D eigenvalue weighted by Crippen LogP contribution is -2.12. The van der Waals surface area contributed by atoms with E-state index in [-0.39, 0.29) is 6.01 Å². The van der Waals surface area contributed by atoms with Crippen LogP contribution in [0.25, 0.3) is 11.5 Å². The van der Waals surface area contributed by atoms with Gasteiger partial charge in [0.2, 0.25) is 5.89 Å². The standard InChI is InChI=1S/C15H8Br2ClN3O2/c16-9-3-1-2-8(6-9)14-20-21-15(23-14)19-13(22)11-7-10(17)4-5-12(11)18/h1-7H,(H,19,21,22). The third-order valence-corrected chi connectivity index (χ3v) is 4.21. The van der Waals surface area contributed by atoms with Gasteiger partial charge < -0.3 is 4.42 Å². The number of carbonyl (C=O) groups excluding carboxylic acids is 1. The number of hydrogen-bond acceptors (Lipinski definition) is 4. The van der Waals surface area contributed by atoms with E-state index in [1.54, 1.807) is 18.2 Å². The molecule has 2 aromatic carbocycles. The molecule has 0 aliphatic heterocycles. The number of carbonyl (C=O) groups is 1. The first-order valence-corrected chi connectivity index (χ1v) is 8.35. The molecule has 8 heteroatoms. The van der Waals surface area contributed by atoms with Gasteiger partial charge in [-0.3, -0.25) is 10.1 Å². The molecule has 0 spiro atoms. The molecular formula is C15H8Br2ClN3O2. The highest BCUT2D eigenvalue weighted by Crippen LogP contribution is 2.25. The quantitative estimate of drug-likeness (QED) is 0.589. The summed E-state index contributed by atoms with van der Waals surface area (Å²) in [4.78, 5) is 12.2. The fraction of sp³-hybridized carbons (Fsp3) is 0. The maximum atomic E-state index is 12.2. The van der Waals surface area contributed by atoms with Gasteiger partial charge in [-0.1, -0.05) is 54.6 Å². The summed E-state index contributed by atoms with van der Waals surface area (Å²) in [5.41, 5.74) is 1.05. The molecule has 1 N–H and O–H groups in total. The minimum absolute atomic E-state index is 0.000942. The summed E-state index contributed by atoms with van der Waals surface area (Å²) in [6.45, 7) is 0. The Hall–Kier alpha value is -1.70. The third-order valence-electron chi connectivity index (χ3n) is 2.89. The van der Waals surface area contributed by atoms with E-state index in [0.29, 0.717) is 16.5 Å². The summed E-state index contributed by atoms with van der Waals surface area (Å²) in [6.07, 6.45) is 0. The van der Waals surface area contributed by atoms with Crippen LogP contribution in [0.2, 0.25) is 5.02 Å². The maximum Gasteiger partial charge on any atom is 0.322 e. The number of amides is 1. The maximum absolute atomic E-state index is 12.2. The Kier molecular flexibility index (Phi) is 4.79. The van der Waals surface area contributed by atoms with Gasteiger partial charge in [0.25, 0.3) is 5.91 Å². The molecule has 0 aliphatic rings. The lowest BCUT2D eigenvalue weighted by atomic mass is 10.2. The number of anilines is 1. The summed E-state index contributed by atoms with van der Waals surface area (Å²) >= 11 is 12.7. The highest BCUT2D eigenvalue weighted by Gasteiger charge is 2.15. The van der Waals surface area contributed by atoms with Crippen molar-refractivity contribution in [3.05, 3.63) is 62.0 Å². The highest BCUT2D eigenvalue weighted by molar-refractivity contribution is 9.10. The van der Waals surface area contributed by atoms with E-state index in [1.807, 2.05) is 24.3 Å². The summed E-state index contributed by atoms with van der Waals surface area (Å²) in [6, 6.07) is 12.4. The zero-order chi connectivity index (χ0) is 16.4. The van der Waals surface area contributed by atoms with Gasteiger partial charge in [0.15, 0.2) is 0 Å². The van der Waals surface area contributed by atoms with Gasteiger partial charge in [0.05, 0.1) is 10.6 Å². The van der Waals surface area contributed by atoms with Gasteiger partial charge in [-0.2, -0.15) is 0 Å². The molecule has 5 nitrogen and oxygen atoms in total. The molecule has 0 radical (unpaired) electrons. The number of nitrogens with one attached hydrogen (secondary N) is 1. The molecule has 3 rings (SSSR count). The van der Waals surface area contributed by atoms with E-state index in [9.17, 15) is 4.79 Å². The Morgan fingerprint density at radius 2 is 1.87 bits per heavy atom.